The zero-order chi connectivity index (χ0) is 21.4. The molecule has 7 heteroatoms. The Labute approximate surface area is 188 Å². The van der Waals surface area contributed by atoms with Gasteiger partial charge >= 0.3 is 0 Å². The van der Waals surface area contributed by atoms with Crippen molar-refractivity contribution in [3.63, 3.8) is 0 Å². The zero-order valence-corrected chi connectivity index (χ0v) is 19.0. The van der Waals surface area contributed by atoms with Gasteiger partial charge < -0.3 is 10.1 Å². The molecule has 1 aliphatic heterocycles. The standard InChI is InChI=1S/C24H24BrFN4O/c1-2-18-23(30-14-17(25)7-9-21(30)28-18)19-8-6-16-4-3-5-20(22(16)29-19)31-15-24(26)10-12-27-13-11-24/h3-9,14,27H,2,10-13,15H2,1H3. The van der Waals surface area contributed by atoms with Crippen molar-refractivity contribution < 1.29 is 9.13 Å². The maximum atomic E-state index is 15.1. The second-order valence-electron chi connectivity index (χ2n) is 8.05. The van der Waals surface area contributed by atoms with E-state index in [9.17, 15) is 0 Å². The van der Waals surface area contributed by atoms with Gasteiger partial charge in [-0.25, -0.2) is 14.4 Å². The summed E-state index contributed by atoms with van der Waals surface area (Å²) in [5.41, 5.74) is 3.10. The van der Waals surface area contributed by atoms with Crippen molar-refractivity contribution in [2.24, 2.45) is 0 Å². The third-order valence-corrected chi connectivity index (χ3v) is 6.37. The average molecular weight is 483 g/mol. The number of hydrogen-bond acceptors (Lipinski definition) is 4. The summed E-state index contributed by atoms with van der Waals surface area (Å²) in [6.07, 6.45) is 3.74. The van der Waals surface area contributed by atoms with Crippen LogP contribution in [0.1, 0.15) is 25.5 Å². The fourth-order valence-electron chi connectivity index (χ4n) is 4.18. The van der Waals surface area contributed by atoms with Gasteiger partial charge in [0.1, 0.15) is 29.2 Å². The summed E-state index contributed by atoms with van der Waals surface area (Å²) in [5.74, 6) is 0.614. The molecule has 5 rings (SSSR count). The van der Waals surface area contributed by atoms with Gasteiger partial charge in [0.05, 0.1) is 17.1 Å². The lowest BCUT2D eigenvalue weighted by Crippen LogP contribution is -2.42. The van der Waals surface area contributed by atoms with E-state index in [2.05, 4.69) is 32.6 Å². The normalized spacial score (nSPS) is 16.1. The Morgan fingerprint density at radius 1 is 1.13 bits per heavy atom. The van der Waals surface area contributed by atoms with E-state index in [1.807, 2.05) is 48.7 Å². The lowest BCUT2D eigenvalue weighted by atomic mass is 9.95. The number of nitrogens with zero attached hydrogens (tertiary/aromatic N) is 3. The summed E-state index contributed by atoms with van der Waals surface area (Å²) in [5, 5.41) is 4.17. The molecule has 1 fully saturated rings. The number of imidazole rings is 1. The van der Waals surface area contributed by atoms with Gasteiger partial charge in [-0.2, -0.15) is 0 Å². The van der Waals surface area contributed by atoms with Crippen LogP contribution >= 0.6 is 15.9 Å². The van der Waals surface area contributed by atoms with Crippen LogP contribution < -0.4 is 10.1 Å². The summed E-state index contributed by atoms with van der Waals surface area (Å²) >= 11 is 3.56. The van der Waals surface area contributed by atoms with Crippen molar-refractivity contribution in [3.8, 4) is 17.1 Å². The highest BCUT2D eigenvalue weighted by Gasteiger charge is 2.32. The molecule has 0 spiro atoms. The third-order valence-electron chi connectivity index (χ3n) is 5.90. The lowest BCUT2D eigenvalue weighted by molar-refractivity contribution is 0.0545. The molecule has 4 heterocycles. The molecule has 4 aromatic rings. The number of aryl methyl sites for hydroxylation is 1. The summed E-state index contributed by atoms with van der Waals surface area (Å²) in [6, 6.07) is 13.8. The number of pyridine rings is 2. The van der Waals surface area contributed by atoms with E-state index in [-0.39, 0.29) is 6.61 Å². The van der Waals surface area contributed by atoms with E-state index in [1.165, 1.54) is 0 Å². The molecule has 1 N–H and O–H groups in total. The summed E-state index contributed by atoms with van der Waals surface area (Å²) in [6.45, 7) is 3.50. The molecule has 1 aromatic carbocycles. The first-order chi connectivity index (χ1) is 15.1. The van der Waals surface area contributed by atoms with Crippen LogP contribution in [-0.2, 0) is 6.42 Å². The summed E-state index contributed by atoms with van der Waals surface area (Å²) in [4.78, 5) is 9.73. The topological polar surface area (TPSA) is 51.5 Å². The Morgan fingerprint density at radius 2 is 1.97 bits per heavy atom. The van der Waals surface area contributed by atoms with Crippen LogP contribution in [0.15, 0.2) is 53.1 Å². The molecule has 0 saturated carbocycles. The minimum Gasteiger partial charge on any atom is -0.488 e. The van der Waals surface area contributed by atoms with Crippen molar-refractivity contribution in [1.82, 2.24) is 19.7 Å². The van der Waals surface area contributed by atoms with Crippen LogP contribution in [0.5, 0.6) is 5.75 Å². The van der Waals surface area contributed by atoms with Crippen molar-refractivity contribution in [2.45, 2.75) is 31.9 Å². The number of piperidine rings is 1. The number of nitrogens with one attached hydrogen (secondary N) is 1. The van der Waals surface area contributed by atoms with Crippen LogP contribution in [0.25, 0.3) is 27.9 Å². The van der Waals surface area contributed by atoms with Gasteiger partial charge in [-0.05, 0) is 72.5 Å². The maximum Gasteiger partial charge on any atom is 0.147 e. The first-order valence-electron chi connectivity index (χ1n) is 10.7. The molecule has 0 amide bonds. The Morgan fingerprint density at radius 3 is 2.77 bits per heavy atom. The molecule has 31 heavy (non-hydrogen) atoms. The van der Waals surface area contributed by atoms with E-state index in [0.717, 1.165) is 44.5 Å². The largest absolute Gasteiger partial charge is 0.488 e. The van der Waals surface area contributed by atoms with Gasteiger partial charge in [-0.3, -0.25) is 4.40 Å². The van der Waals surface area contributed by atoms with Gasteiger partial charge in [0.25, 0.3) is 0 Å². The van der Waals surface area contributed by atoms with E-state index < -0.39 is 5.67 Å². The number of rotatable bonds is 5. The molecule has 1 aliphatic rings. The number of halogens is 2. The van der Waals surface area contributed by atoms with Crippen molar-refractivity contribution in [2.75, 3.05) is 19.7 Å². The van der Waals surface area contributed by atoms with Crippen molar-refractivity contribution >= 4 is 32.5 Å². The van der Waals surface area contributed by atoms with Gasteiger partial charge in [-0.15, -0.1) is 0 Å². The first-order valence-corrected chi connectivity index (χ1v) is 11.4. The Kier molecular flexibility index (Phi) is 5.40. The maximum absolute atomic E-state index is 15.1. The number of hydrogen-bond donors (Lipinski definition) is 1. The molecule has 0 aliphatic carbocycles. The molecule has 1 saturated heterocycles. The van der Waals surface area contributed by atoms with E-state index in [4.69, 9.17) is 14.7 Å². The van der Waals surface area contributed by atoms with Crippen molar-refractivity contribution in [1.29, 1.82) is 0 Å². The molecular weight excluding hydrogens is 459 g/mol. The molecule has 0 unspecified atom stereocenters. The van der Waals surface area contributed by atoms with Gasteiger partial charge in [0, 0.05) is 16.1 Å². The van der Waals surface area contributed by atoms with Crippen LogP contribution in [-0.4, -0.2) is 39.7 Å². The second-order valence-corrected chi connectivity index (χ2v) is 8.97. The minimum absolute atomic E-state index is 0.0441. The predicted octanol–water partition coefficient (Wildman–Crippen LogP) is 5.34. The molecule has 0 bridgehead atoms. The molecule has 3 aromatic heterocycles. The number of ether oxygens (including phenoxy) is 1. The highest BCUT2D eigenvalue weighted by molar-refractivity contribution is 9.10. The number of fused-ring (bicyclic) bond motifs is 2. The fraction of sp³-hybridized carbons (Fsp3) is 0.333. The summed E-state index contributed by atoms with van der Waals surface area (Å²) in [7, 11) is 0. The lowest BCUT2D eigenvalue weighted by Gasteiger charge is -2.29. The quantitative estimate of drug-likeness (QED) is 0.416. The van der Waals surface area contributed by atoms with Crippen LogP contribution in [0.4, 0.5) is 4.39 Å². The second kappa shape index (κ2) is 8.20. The molecule has 5 nitrogen and oxygen atoms in total. The number of benzene rings is 1. The monoisotopic (exact) mass is 482 g/mol. The predicted molar refractivity (Wildman–Crippen MR) is 124 cm³/mol. The third kappa shape index (κ3) is 3.92. The minimum atomic E-state index is -1.30. The van der Waals surface area contributed by atoms with Crippen LogP contribution in [0, 0.1) is 0 Å². The first kappa shape index (κ1) is 20.4. The molecule has 0 radical (unpaired) electrons. The Bertz CT molecular complexity index is 1250. The van der Waals surface area contributed by atoms with Crippen LogP contribution in [0.3, 0.4) is 0 Å². The number of alkyl halides is 1. The molecule has 160 valence electrons. The smallest absolute Gasteiger partial charge is 0.147 e. The highest BCUT2D eigenvalue weighted by atomic mass is 79.9. The van der Waals surface area contributed by atoms with Gasteiger partial charge in [0.15, 0.2) is 0 Å². The number of aromatic nitrogens is 3. The average Bonchev–Trinajstić information content (AvgIpc) is 3.15. The number of para-hydroxylation sites is 1. The van der Waals surface area contributed by atoms with E-state index >= 15 is 4.39 Å². The van der Waals surface area contributed by atoms with E-state index in [1.54, 1.807) is 0 Å². The van der Waals surface area contributed by atoms with Gasteiger partial charge in [-0.1, -0.05) is 25.1 Å². The van der Waals surface area contributed by atoms with Crippen LogP contribution in [0.2, 0.25) is 0 Å². The molecular formula is C24H24BrFN4O. The highest BCUT2D eigenvalue weighted by Crippen LogP contribution is 2.32. The SMILES string of the molecule is CCc1nc2ccc(Br)cn2c1-c1ccc2cccc(OCC3(F)CCNCC3)c2n1. The Balaban J connectivity index is 1.57. The summed E-state index contributed by atoms with van der Waals surface area (Å²) < 4.78 is 24.1. The van der Waals surface area contributed by atoms with Gasteiger partial charge in [0.2, 0.25) is 0 Å². The fourth-order valence-corrected chi connectivity index (χ4v) is 4.52. The molecule has 0 atom stereocenters. The van der Waals surface area contributed by atoms with E-state index in [0.29, 0.717) is 31.7 Å². The Hall–Kier alpha value is -2.51. The van der Waals surface area contributed by atoms with Crippen molar-refractivity contribution in [3.05, 3.63) is 58.8 Å². The zero-order valence-electron chi connectivity index (χ0n) is 17.4.